The number of benzene rings is 1. The van der Waals surface area contributed by atoms with Gasteiger partial charge in [-0.05, 0) is 17.4 Å². The maximum absolute atomic E-state index is 12.9. The third-order valence-electron chi connectivity index (χ3n) is 4.29. The molecule has 0 aliphatic heterocycles. The van der Waals surface area contributed by atoms with Crippen LogP contribution in [0.5, 0.6) is 0 Å². The second-order valence-corrected chi connectivity index (χ2v) is 7.34. The molecular formula is C19H26BN4O5-. The van der Waals surface area contributed by atoms with Gasteiger partial charge < -0.3 is 25.7 Å². The van der Waals surface area contributed by atoms with Crippen LogP contribution in [0, 0.1) is 5.92 Å². The van der Waals surface area contributed by atoms with Crippen LogP contribution in [0.15, 0.2) is 48.9 Å². The summed E-state index contributed by atoms with van der Waals surface area (Å²) >= 11 is 0. The van der Waals surface area contributed by atoms with Gasteiger partial charge in [0.2, 0.25) is 5.91 Å². The first-order chi connectivity index (χ1) is 13.7. The Labute approximate surface area is 169 Å². The molecule has 9 nitrogen and oxygen atoms in total. The van der Waals surface area contributed by atoms with Crippen molar-refractivity contribution in [2.75, 3.05) is 0 Å². The molecule has 2 rings (SSSR count). The van der Waals surface area contributed by atoms with Crippen LogP contribution < -0.4 is 10.6 Å². The number of nitrogens with zero attached hydrogens (tertiary/aromatic N) is 2. The van der Waals surface area contributed by atoms with Gasteiger partial charge in [-0.1, -0.05) is 50.6 Å². The molecule has 2 atom stereocenters. The van der Waals surface area contributed by atoms with Crippen molar-refractivity contribution >= 4 is 18.6 Å². The molecule has 0 bridgehead atoms. The number of nitrogens with one attached hydrogen (secondary N) is 2. The van der Waals surface area contributed by atoms with Crippen LogP contribution in [-0.4, -0.2) is 55.6 Å². The molecule has 29 heavy (non-hydrogen) atoms. The van der Waals surface area contributed by atoms with Crippen molar-refractivity contribution in [1.82, 2.24) is 20.6 Å². The standard InChI is InChI=1S/C19H26BN4O5/c1-13(2)10-17(20(27,28)29)24-18(25)15(11-14-6-4-3-5-7-14)23-19(26)16-12-21-8-9-22-16/h3-9,12-13,15,17,27-29H,10-11H2,1-2H3,(H,23,26)(H,24,25)/q-1/t15-,17-/m0/s1. The highest BCUT2D eigenvalue weighted by Crippen LogP contribution is 2.12. The first kappa shape index (κ1) is 22.5. The summed E-state index contributed by atoms with van der Waals surface area (Å²) in [6, 6.07) is 8.02. The summed E-state index contributed by atoms with van der Waals surface area (Å²) in [6.45, 7) is -0.144. The summed E-state index contributed by atoms with van der Waals surface area (Å²) in [5.74, 6) is -2.53. The largest absolute Gasteiger partial charge is 0.558 e. The number of carbonyl (C=O) groups excluding carboxylic acids is 2. The molecule has 1 heterocycles. The normalized spacial score (nSPS) is 13.6. The molecule has 156 valence electrons. The predicted molar refractivity (Wildman–Crippen MR) is 107 cm³/mol. The number of rotatable bonds is 9. The average Bonchev–Trinajstić information content (AvgIpc) is 2.67. The molecule has 0 spiro atoms. The number of aromatic nitrogens is 2. The van der Waals surface area contributed by atoms with Gasteiger partial charge >= 0.3 is 6.75 Å². The highest BCUT2D eigenvalue weighted by atomic mass is 16.5. The summed E-state index contributed by atoms with van der Waals surface area (Å²) in [5.41, 5.74) is 0.836. The summed E-state index contributed by atoms with van der Waals surface area (Å²) < 4.78 is 0. The van der Waals surface area contributed by atoms with E-state index in [0.717, 1.165) is 5.56 Å². The predicted octanol–water partition coefficient (Wildman–Crippen LogP) is -0.196. The number of carbonyl (C=O) groups is 2. The van der Waals surface area contributed by atoms with Crippen molar-refractivity contribution in [1.29, 1.82) is 0 Å². The highest BCUT2D eigenvalue weighted by molar-refractivity contribution is 6.58. The first-order valence-electron chi connectivity index (χ1n) is 9.40. The zero-order valence-electron chi connectivity index (χ0n) is 16.4. The SMILES string of the molecule is CC(C)C[C@H](NC(=O)[C@H](Cc1ccccc1)NC(=O)c1cnccn1)[B-](O)(O)O. The van der Waals surface area contributed by atoms with Crippen molar-refractivity contribution < 1.29 is 24.7 Å². The molecule has 2 amide bonds. The summed E-state index contributed by atoms with van der Waals surface area (Å²) in [5, 5.41) is 34.0. The van der Waals surface area contributed by atoms with Gasteiger partial charge in [-0.15, -0.1) is 0 Å². The molecule has 1 aromatic heterocycles. The maximum Gasteiger partial charge on any atom is 0.393 e. The minimum absolute atomic E-state index is 0.0187. The molecule has 0 saturated carbocycles. The Balaban J connectivity index is 2.20. The van der Waals surface area contributed by atoms with Gasteiger partial charge in [0, 0.05) is 18.8 Å². The first-order valence-corrected chi connectivity index (χ1v) is 9.40. The molecule has 0 radical (unpaired) electrons. The molecule has 0 fully saturated rings. The molecule has 0 saturated heterocycles. The van der Waals surface area contributed by atoms with Gasteiger partial charge in [-0.3, -0.25) is 14.6 Å². The van der Waals surface area contributed by atoms with E-state index in [0.29, 0.717) is 0 Å². The van der Waals surface area contributed by atoms with Gasteiger partial charge in [0.15, 0.2) is 0 Å². The van der Waals surface area contributed by atoms with E-state index in [-0.39, 0.29) is 24.5 Å². The monoisotopic (exact) mass is 401 g/mol. The van der Waals surface area contributed by atoms with Crippen molar-refractivity contribution in [2.45, 2.75) is 38.7 Å². The summed E-state index contributed by atoms with van der Waals surface area (Å²) in [6.07, 6.45) is 4.37. The lowest BCUT2D eigenvalue weighted by molar-refractivity contribution is -0.123. The zero-order chi connectivity index (χ0) is 21.4. The third kappa shape index (κ3) is 7.26. The Morgan fingerprint density at radius 3 is 2.31 bits per heavy atom. The van der Waals surface area contributed by atoms with Gasteiger partial charge in [0.1, 0.15) is 11.7 Å². The van der Waals surface area contributed by atoms with Crippen LogP contribution in [-0.2, 0) is 11.2 Å². The van der Waals surface area contributed by atoms with Gasteiger partial charge in [-0.25, -0.2) is 4.98 Å². The van der Waals surface area contributed by atoms with E-state index in [1.807, 2.05) is 19.9 Å². The highest BCUT2D eigenvalue weighted by Gasteiger charge is 2.33. The van der Waals surface area contributed by atoms with E-state index >= 15 is 0 Å². The Morgan fingerprint density at radius 1 is 1.07 bits per heavy atom. The van der Waals surface area contributed by atoms with Crippen LogP contribution in [0.3, 0.4) is 0 Å². The lowest BCUT2D eigenvalue weighted by Gasteiger charge is -2.35. The fourth-order valence-electron chi connectivity index (χ4n) is 2.85. The molecule has 2 aromatic rings. The fraction of sp³-hybridized carbons (Fsp3) is 0.368. The van der Waals surface area contributed by atoms with Crippen LogP contribution >= 0.6 is 0 Å². The lowest BCUT2D eigenvalue weighted by Crippen LogP contribution is -2.61. The molecule has 0 aliphatic carbocycles. The van der Waals surface area contributed by atoms with Gasteiger partial charge in [0.25, 0.3) is 5.91 Å². The molecular weight excluding hydrogens is 375 g/mol. The molecule has 0 unspecified atom stereocenters. The molecule has 5 N–H and O–H groups in total. The smallest absolute Gasteiger partial charge is 0.393 e. The Bertz CT molecular complexity index is 799. The lowest BCUT2D eigenvalue weighted by atomic mass is 9.66. The van der Waals surface area contributed by atoms with Crippen LogP contribution in [0.4, 0.5) is 0 Å². The van der Waals surface area contributed by atoms with Crippen LogP contribution in [0.1, 0.15) is 36.3 Å². The van der Waals surface area contributed by atoms with Crippen LogP contribution in [0.25, 0.3) is 0 Å². The van der Waals surface area contributed by atoms with E-state index < -0.39 is 30.6 Å². The van der Waals surface area contributed by atoms with E-state index in [9.17, 15) is 24.7 Å². The summed E-state index contributed by atoms with van der Waals surface area (Å²) in [7, 11) is 0. The van der Waals surface area contributed by atoms with Crippen LogP contribution in [0.2, 0.25) is 0 Å². The van der Waals surface area contributed by atoms with E-state index in [2.05, 4.69) is 20.6 Å². The Kier molecular flexibility index (Phi) is 7.83. The average molecular weight is 401 g/mol. The van der Waals surface area contributed by atoms with Crippen molar-refractivity contribution in [2.24, 2.45) is 5.92 Å². The number of hydrogen-bond donors (Lipinski definition) is 5. The van der Waals surface area contributed by atoms with Crippen molar-refractivity contribution in [3.63, 3.8) is 0 Å². The Hall–Kier alpha value is -2.82. The quantitative estimate of drug-likeness (QED) is 0.366. The minimum Gasteiger partial charge on any atom is -0.558 e. The number of hydrogen-bond acceptors (Lipinski definition) is 7. The minimum atomic E-state index is -3.78. The fourth-order valence-corrected chi connectivity index (χ4v) is 2.85. The molecule has 10 heteroatoms. The van der Waals surface area contributed by atoms with E-state index in [1.54, 1.807) is 24.3 Å². The summed E-state index contributed by atoms with van der Waals surface area (Å²) in [4.78, 5) is 33.1. The number of amides is 2. The van der Waals surface area contributed by atoms with E-state index in [1.165, 1.54) is 18.6 Å². The second kappa shape index (κ2) is 10.1. The zero-order valence-corrected chi connectivity index (χ0v) is 16.4. The molecule has 1 aromatic carbocycles. The van der Waals surface area contributed by atoms with Crippen molar-refractivity contribution in [3.8, 4) is 0 Å². The second-order valence-electron chi connectivity index (χ2n) is 7.34. The van der Waals surface area contributed by atoms with E-state index in [4.69, 9.17) is 0 Å². The van der Waals surface area contributed by atoms with Crippen molar-refractivity contribution in [3.05, 3.63) is 60.2 Å². The topological polar surface area (TPSA) is 145 Å². The van der Waals surface area contributed by atoms with Gasteiger partial charge in [0.05, 0.1) is 6.20 Å². The third-order valence-corrected chi connectivity index (χ3v) is 4.29. The Morgan fingerprint density at radius 2 is 1.76 bits per heavy atom. The van der Waals surface area contributed by atoms with Gasteiger partial charge in [-0.2, -0.15) is 0 Å². The molecule has 0 aliphatic rings. The maximum atomic E-state index is 12.9.